The number of ether oxygens (including phenoxy) is 2. The Morgan fingerprint density at radius 2 is 1.45 bits per heavy atom. The summed E-state index contributed by atoms with van der Waals surface area (Å²) >= 11 is 0. The maximum atomic E-state index is 12.4. The van der Waals surface area contributed by atoms with Crippen LogP contribution in [0.3, 0.4) is 0 Å². The smallest absolute Gasteiger partial charge is 0.494 e. The maximum absolute atomic E-state index is 12.4. The molecule has 4 rings (SSSR count). The third kappa shape index (κ3) is 6.14. The molecule has 1 aromatic heterocycles. The molecule has 42 heavy (non-hydrogen) atoms. The summed E-state index contributed by atoms with van der Waals surface area (Å²) in [7, 11) is -13.2. The van der Waals surface area contributed by atoms with E-state index in [-0.39, 0.29) is 63.3 Å². The predicted molar refractivity (Wildman–Crippen MR) is 143 cm³/mol. The molecule has 0 saturated carbocycles. The molecule has 0 saturated heterocycles. The Morgan fingerprint density at radius 3 is 1.95 bits per heavy atom. The van der Waals surface area contributed by atoms with Crippen LogP contribution < -0.4 is 44.3 Å². The first kappa shape index (κ1) is 33.4. The van der Waals surface area contributed by atoms with Gasteiger partial charge in [0.15, 0.2) is 5.75 Å². The molecule has 1 heterocycles. The Labute approximate surface area is 260 Å². The summed E-state index contributed by atoms with van der Waals surface area (Å²) in [5.74, 6) is -0.300. The summed E-state index contributed by atoms with van der Waals surface area (Å²) in [5.41, 5.74) is -0.376. The number of hydrogen-bond acceptors (Lipinski definition) is 12. The molecule has 4 aromatic rings. The van der Waals surface area contributed by atoms with E-state index in [2.05, 4.69) is 10.3 Å². The van der Waals surface area contributed by atoms with E-state index in [9.17, 15) is 49.0 Å². The zero-order valence-corrected chi connectivity index (χ0v) is 26.5. The van der Waals surface area contributed by atoms with Crippen molar-refractivity contribution in [2.45, 2.75) is 21.6 Å². The van der Waals surface area contributed by atoms with Crippen LogP contribution in [0.25, 0.3) is 21.7 Å². The number of pyridine rings is 1. The van der Waals surface area contributed by atoms with Crippen molar-refractivity contribution in [1.82, 2.24) is 4.98 Å². The van der Waals surface area contributed by atoms with E-state index in [0.29, 0.717) is 17.8 Å². The fourth-order valence-corrected chi connectivity index (χ4v) is 6.33. The number of nitro benzene ring substituents is 1. The van der Waals surface area contributed by atoms with Crippen molar-refractivity contribution in [3.63, 3.8) is 0 Å². The number of benzene rings is 3. The molecule has 0 spiro atoms. The molecule has 4 N–H and O–H groups in total. The first-order valence-corrected chi connectivity index (χ1v) is 15.2. The molecule has 0 aliphatic heterocycles. The number of nitrogens with zero attached hydrogens (tertiary/aromatic N) is 2. The van der Waals surface area contributed by atoms with Crippen LogP contribution in [0.1, 0.15) is 5.69 Å². The molecule has 0 aliphatic carbocycles. The number of nitrogens with one attached hydrogen (secondary N) is 1. The largest absolute Gasteiger partial charge is 1.00 e. The number of methoxy groups -OCH3 is 2. The second kappa shape index (κ2) is 11.5. The van der Waals surface area contributed by atoms with Gasteiger partial charge in [-0.2, -0.15) is 25.3 Å². The minimum absolute atomic E-state index is 0. The third-order valence-electron chi connectivity index (χ3n) is 5.86. The fraction of sp³-hybridized carbons (Fsp3) is 0.136. The quantitative estimate of drug-likeness (QED) is 0.0853. The van der Waals surface area contributed by atoms with Crippen molar-refractivity contribution < 1.29 is 82.9 Å². The van der Waals surface area contributed by atoms with Crippen molar-refractivity contribution in [3.05, 3.63) is 52.2 Å². The third-order valence-corrected chi connectivity index (χ3v) is 8.49. The van der Waals surface area contributed by atoms with Crippen LogP contribution in [0.2, 0.25) is 0 Å². The standard InChI is InChI=1S/C22H19N3O13S3.Na/c1-10-6-14(20-21(23-10)16(37-2)9-15(25(26)27)22(20)38-3)24-13-4-5-17(40(31,32)33)12-7-11(39(28,29)30)8-18(19(12)13)41(34,35)36;/h4-9H,1-3H3,(H,23,24)(H,28,29,30)(H,31,32,33)(H,34,35,36);/q;+1. The summed E-state index contributed by atoms with van der Waals surface area (Å²) < 4.78 is 113. The van der Waals surface area contributed by atoms with Crippen LogP contribution >= 0.6 is 0 Å². The molecular weight excluding hydrogens is 633 g/mol. The SMILES string of the molecule is COc1cc([N+](=O)[O-])c(OC)c2c(Nc3ccc(S(=O)(=O)O)c4cc(S(=O)(=O)O)cc(S(=O)(=O)O)c34)cc(C)nc12.[Na+]. The Hall–Kier alpha value is -3.14. The van der Waals surface area contributed by atoms with Crippen LogP contribution in [-0.2, 0) is 30.4 Å². The Morgan fingerprint density at radius 1 is 0.833 bits per heavy atom. The topological polar surface area (TPSA) is 250 Å². The van der Waals surface area contributed by atoms with E-state index in [0.717, 1.165) is 25.3 Å². The maximum Gasteiger partial charge on any atom is 1.00 e. The van der Waals surface area contributed by atoms with Gasteiger partial charge in [-0.3, -0.25) is 23.8 Å². The second-order valence-electron chi connectivity index (χ2n) is 8.43. The van der Waals surface area contributed by atoms with Crippen molar-refractivity contribution in [2.75, 3.05) is 19.5 Å². The summed E-state index contributed by atoms with van der Waals surface area (Å²) in [5, 5.41) is 13.2. The van der Waals surface area contributed by atoms with Crippen molar-refractivity contribution in [1.29, 1.82) is 0 Å². The Bertz CT molecular complexity index is 2120. The monoisotopic (exact) mass is 652 g/mol. The van der Waals surface area contributed by atoms with Crippen LogP contribution in [0.5, 0.6) is 11.5 Å². The van der Waals surface area contributed by atoms with Crippen molar-refractivity contribution in [2.24, 2.45) is 0 Å². The van der Waals surface area contributed by atoms with Crippen LogP contribution in [0.15, 0.2) is 51.1 Å². The molecule has 0 bridgehead atoms. The number of aromatic nitrogens is 1. The van der Waals surface area contributed by atoms with Gasteiger partial charge in [-0.05, 0) is 37.3 Å². The minimum Gasteiger partial charge on any atom is -0.494 e. The van der Waals surface area contributed by atoms with Gasteiger partial charge in [0.1, 0.15) is 15.3 Å². The van der Waals surface area contributed by atoms with E-state index in [1.807, 2.05) is 0 Å². The molecule has 0 unspecified atom stereocenters. The van der Waals surface area contributed by atoms with Gasteiger partial charge in [0.05, 0.1) is 41.2 Å². The van der Waals surface area contributed by atoms with Gasteiger partial charge in [-0.25, -0.2) is 4.98 Å². The predicted octanol–water partition coefficient (Wildman–Crippen LogP) is 0.110. The van der Waals surface area contributed by atoms with Gasteiger partial charge >= 0.3 is 35.2 Å². The summed E-state index contributed by atoms with van der Waals surface area (Å²) in [6, 6.07) is 5.24. The fourth-order valence-electron chi connectivity index (χ4n) is 4.28. The van der Waals surface area contributed by atoms with Gasteiger partial charge in [0.25, 0.3) is 30.4 Å². The average molecular weight is 653 g/mol. The van der Waals surface area contributed by atoms with E-state index in [1.165, 1.54) is 13.2 Å². The number of aryl methyl sites for hydroxylation is 1. The van der Waals surface area contributed by atoms with Gasteiger partial charge < -0.3 is 14.8 Å². The Kier molecular flexibility index (Phi) is 9.14. The van der Waals surface area contributed by atoms with Crippen molar-refractivity contribution in [3.8, 4) is 11.5 Å². The number of anilines is 2. The van der Waals surface area contributed by atoms with Crippen molar-refractivity contribution >= 4 is 69.1 Å². The number of fused-ring (bicyclic) bond motifs is 2. The summed E-state index contributed by atoms with van der Waals surface area (Å²) in [6.45, 7) is 1.56. The number of rotatable bonds is 8. The van der Waals surface area contributed by atoms with E-state index in [1.54, 1.807) is 6.92 Å². The van der Waals surface area contributed by atoms with E-state index >= 15 is 0 Å². The molecule has 0 fully saturated rings. The molecule has 20 heteroatoms. The first-order chi connectivity index (χ1) is 18.9. The molecule has 0 amide bonds. The second-order valence-corrected chi connectivity index (χ2v) is 12.6. The van der Waals surface area contributed by atoms with Gasteiger partial charge in [0, 0.05) is 22.2 Å². The molecule has 218 valence electrons. The number of nitro groups is 1. The molecule has 0 radical (unpaired) electrons. The molecule has 0 atom stereocenters. The van der Waals surface area contributed by atoms with Gasteiger partial charge in [0.2, 0.25) is 5.75 Å². The van der Waals surface area contributed by atoms with E-state index < -0.39 is 66.4 Å². The zero-order chi connectivity index (χ0) is 30.7. The van der Waals surface area contributed by atoms with Gasteiger partial charge in [-0.15, -0.1) is 0 Å². The van der Waals surface area contributed by atoms with E-state index in [4.69, 9.17) is 9.47 Å². The van der Waals surface area contributed by atoms with Crippen LogP contribution in [-0.4, -0.2) is 63.0 Å². The summed E-state index contributed by atoms with van der Waals surface area (Å²) in [4.78, 5) is 12.2. The summed E-state index contributed by atoms with van der Waals surface area (Å²) in [6.07, 6.45) is 0. The van der Waals surface area contributed by atoms with Crippen LogP contribution in [0, 0.1) is 17.0 Å². The van der Waals surface area contributed by atoms with Gasteiger partial charge in [-0.1, -0.05) is 0 Å². The zero-order valence-electron chi connectivity index (χ0n) is 22.0. The first-order valence-electron chi connectivity index (χ1n) is 10.9. The molecule has 3 aromatic carbocycles. The number of hydrogen-bond donors (Lipinski definition) is 4. The molecular formula is C22H19N3NaO13S3+. The van der Waals surface area contributed by atoms with Crippen LogP contribution in [0.4, 0.5) is 17.1 Å². The molecule has 0 aliphatic rings. The Balaban J connectivity index is 0.00000484. The molecule has 16 nitrogen and oxygen atoms in total. The minimum atomic E-state index is -5.32. The average Bonchev–Trinajstić information content (AvgIpc) is 2.85. The normalized spacial score (nSPS) is 12.1.